The van der Waals surface area contributed by atoms with Gasteiger partial charge in [-0.25, -0.2) is 17.8 Å². The zero-order chi connectivity index (χ0) is 20.4. The SMILES string of the molecule is Cn1c(C(NS(=O)(=O)Cc2cccc(F)c2)c2ccccc2)nc2ccccc21. The number of nitrogens with one attached hydrogen (secondary N) is 1. The summed E-state index contributed by atoms with van der Waals surface area (Å²) < 4.78 is 44.0. The minimum absolute atomic E-state index is 0.321. The Hall–Kier alpha value is -3.03. The third kappa shape index (κ3) is 4.21. The molecule has 0 aliphatic rings. The van der Waals surface area contributed by atoms with E-state index in [0.717, 1.165) is 16.6 Å². The lowest BCUT2D eigenvalue weighted by atomic mass is 10.1. The minimum Gasteiger partial charge on any atom is -0.329 e. The molecule has 5 nitrogen and oxygen atoms in total. The van der Waals surface area contributed by atoms with E-state index in [1.54, 1.807) is 6.07 Å². The number of hydrogen-bond acceptors (Lipinski definition) is 3. The Balaban J connectivity index is 1.74. The van der Waals surface area contributed by atoms with Crippen molar-refractivity contribution >= 4 is 21.1 Å². The standard InChI is InChI=1S/C22H20FN3O2S/c1-26-20-13-6-5-12-19(20)24-22(26)21(17-9-3-2-4-10-17)25-29(27,28)15-16-8-7-11-18(23)14-16/h2-14,21,25H,15H2,1H3. The van der Waals surface area contributed by atoms with E-state index < -0.39 is 21.9 Å². The molecule has 0 amide bonds. The number of aryl methyl sites for hydroxylation is 1. The number of nitrogens with zero attached hydrogens (tertiary/aromatic N) is 2. The highest BCUT2D eigenvalue weighted by Gasteiger charge is 2.26. The lowest BCUT2D eigenvalue weighted by molar-refractivity contribution is 0.562. The monoisotopic (exact) mass is 409 g/mol. The van der Waals surface area contributed by atoms with Crippen LogP contribution in [0.5, 0.6) is 0 Å². The molecule has 0 fully saturated rings. The Morgan fingerprint density at radius 3 is 2.45 bits per heavy atom. The highest BCUT2D eigenvalue weighted by molar-refractivity contribution is 7.88. The number of hydrogen-bond donors (Lipinski definition) is 1. The van der Waals surface area contributed by atoms with Crippen molar-refractivity contribution in [3.8, 4) is 0 Å². The Kier molecular flexibility index (Phi) is 5.17. The van der Waals surface area contributed by atoms with E-state index in [4.69, 9.17) is 0 Å². The maximum absolute atomic E-state index is 13.5. The largest absolute Gasteiger partial charge is 0.329 e. The number of sulfonamides is 1. The maximum atomic E-state index is 13.5. The van der Waals surface area contributed by atoms with Crippen LogP contribution in [-0.4, -0.2) is 18.0 Å². The molecule has 7 heteroatoms. The fourth-order valence-corrected chi connectivity index (χ4v) is 4.71. The molecule has 4 aromatic rings. The normalized spacial score (nSPS) is 12.9. The Morgan fingerprint density at radius 2 is 1.72 bits per heavy atom. The molecule has 0 radical (unpaired) electrons. The van der Waals surface area contributed by atoms with Crippen molar-refractivity contribution in [1.29, 1.82) is 0 Å². The lowest BCUT2D eigenvalue weighted by Gasteiger charge is -2.19. The quantitative estimate of drug-likeness (QED) is 0.525. The zero-order valence-corrected chi connectivity index (χ0v) is 16.6. The molecular formula is C22H20FN3O2S. The van der Waals surface area contributed by atoms with Gasteiger partial charge in [-0.15, -0.1) is 0 Å². The fourth-order valence-electron chi connectivity index (χ4n) is 3.41. The fraction of sp³-hybridized carbons (Fsp3) is 0.136. The number of imidazole rings is 1. The average Bonchev–Trinajstić information content (AvgIpc) is 3.03. The Morgan fingerprint density at radius 1 is 1.00 bits per heavy atom. The molecule has 0 saturated heterocycles. The second kappa shape index (κ2) is 7.77. The predicted molar refractivity (Wildman–Crippen MR) is 111 cm³/mol. The van der Waals surface area contributed by atoms with Crippen LogP contribution in [0.2, 0.25) is 0 Å². The summed E-state index contributed by atoms with van der Waals surface area (Å²) in [6.07, 6.45) is 0. The second-order valence-corrected chi connectivity index (χ2v) is 8.62. The first-order valence-corrected chi connectivity index (χ1v) is 10.8. The van der Waals surface area contributed by atoms with E-state index in [1.165, 1.54) is 18.2 Å². The third-order valence-corrected chi connectivity index (χ3v) is 6.06. The Labute approximate surface area is 168 Å². The van der Waals surface area contributed by atoms with Crippen LogP contribution in [-0.2, 0) is 22.8 Å². The number of para-hydroxylation sites is 2. The van der Waals surface area contributed by atoms with Gasteiger partial charge in [-0.3, -0.25) is 0 Å². The summed E-state index contributed by atoms with van der Waals surface area (Å²) in [6, 6.07) is 21.9. The first kappa shape index (κ1) is 19.3. The molecule has 0 aliphatic heterocycles. The van der Waals surface area contributed by atoms with Crippen LogP contribution in [0.1, 0.15) is 23.0 Å². The van der Waals surface area contributed by atoms with Crippen LogP contribution >= 0.6 is 0 Å². The van der Waals surface area contributed by atoms with Gasteiger partial charge >= 0.3 is 0 Å². The Bertz CT molecular complexity index is 1250. The van der Waals surface area contributed by atoms with Gasteiger partial charge in [-0.05, 0) is 35.4 Å². The van der Waals surface area contributed by atoms with Gasteiger partial charge in [0.25, 0.3) is 0 Å². The van der Waals surface area contributed by atoms with Crippen molar-refractivity contribution in [2.45, 2.75) is 11.8 Å². The molecule has 0 saturated carbocycles. The molecule has 1 unspecified atom stereocenters. The summed E-state index contributed by atoms with van der Waals surface area (Å²) in [7, 11) is -1.91. The van der Waals surface area contributed by atoms with Crippen LogP contribution in [0.3, 0.4) is 0 Å². The molecule has 1 atom stereocenters. The van der Waals surface area contributed by atoms with Crippen LogP contribution in [0.25, 0.3) is 11.0 Å². The summed E-state index contributed by atoms with van der Waals surface area (Å²) in [5.41, 5.74) is 2.85. The van der Waals surface area contributed by atoms with Gasteiger partial charge in [0.2, 0.25) is 10.0 Å². The zero-order valence-electron chi connectivity index (χ0n) is 15.8. The van der Waals surface area contributed by atoms with Gasteiger partial charge in [-0.1, -0.05) is 54.6 Å². The molecule has 0 aliphatic carbocycles. The van der Waals surface area contributed by atoms with Gasteiger partial charge in [0.1, 0.15) is 17.7 Å². The molecular weight excluding hydrogens is 389 g/mol. The summed E-state index contributed by atoms with van der Waals surface area (Å²) in [5.74, 6) is -0.203. The van der Waals surface area contributed by atoms with Crippen molar-refractivity contribution in [2.75, 3.05) is 0 Å². The summed E-state index contributed by atoms with van der Waals surface area (Å²) in [6.45, 7) is 0. The predicted octanol–water partition coefficient (Wildman–Crippen LogP) is 3.92. The summed E-state index contributed by atoms with van der Waals surface area (Å²) >= 11 is 0. The molecule has 4 rings (SSSR count). The molecule has 29 heavy (non-hydrogen) atoms. The minimum atomic E-state index is -3.77. The summed E-state index contributed by atoms with van der Waals surface area (Å²) in [5, 5.41) is 0. The highest BCUT2D eigenvalue weighted by Crippen LogP contribution is 2.26. The molecule has 1 aromatic heterocycles. The topological polar surface area (TPSA) is 64.0 Å². The van der Waals surface area contributed by atoms with Crippen molar-refractivity contribution in [1.82, 2.24) is 14.3 Å². The van der Waals surface area contributed by atoms with Crippen molar-refractivity contribution in [3.05, 3.63) is 102 Å². The van der Waals surface area contributed by atoms with E-state index in [0.29, 0.717) is 11.4 Å². The molecule has 0 bridgehead atoms. The van der Waals surface area contributed by atoms with Gasteiger partial charge in [0.05, 0.1) is 16.8 Å². The van der Waals surface area contributed by atoms with E-state index in [-0.39, 0.29) is 5.75 Å². The summed E-state index contributed by atoms with van der Waals surface area (Å²) in [4.78, 5) is 4.67. The number of benzene rings is 3. The first-order valence-electron chi connectivity index (χ1n) is 9.14. The van der Waals surface area contributed by atoms with Crippen LogP contribution in [0.4, 0.5) is 4.39 Å². The highest BCUT2D eigenvalue weighted by atomic mass is 32.2. The maximum Gasteiger partial charge on any atom is 0.216 e. The molecule has 1 N–H and O–H groups in total. The number of rotatable bonds is 6. The van der Waals surface area contributed by atoms with Crippen molar-refractivity contribution < 1.29 is 12.8 Å². The number of aromatic nitrogens is 2. The molecule has 1 heterocycles. The second-order valence-electron chi connectivity index (χ2n) is 6.87. The molecule has 3 aromatic carbocycles. The number of halogens is 1. The van der Waals surface area contributed by atoms with E-state index >= 15 is 0 Å². The molecule has 148 valence electrons. The number of fused-ring (bicyclic) bond motifs is 1. The van der Waals surface area contributed by atoms with E-state index in [1.807, 2.05) is 66.2 Å². The van der Waals surface area contributed by atoms with Gasteiger partial charge in [0, 0.05) is 7.05 Å². The lowest BCUT2D eigenvalue weighted by Crippen LogP contribution is -2.32. The van der Waals surface area contributed by atoms with E-state index in [2.05, 4.69) is 9.71 Å². The van der Waals surface area contributed by atoms with Gasteiger partial charge < -0.3 is 4.57 Å². The van der Waals surface area contributed by atoms with Crippen LogP contribution in [0.15, 0.2) is 78.9 Å². The van der Waals surface area contributed by atoms with Crippen LogP contribution in [0, 0.1) is 5.82 Å². The van der Waals surface area contributed by atoms with E-state index in [9.17, 15) is 12.8 Å². The first-order chi connectivity index (χ1) is 13.9. The molecule has 0 spiro atoms. The van der Waals surface area contributed by atoms with Gasteiger partial charge in [0.15, 0.2) is 0 Å². The third-order valence-electron chi connectivity index (χ3n) is 4.76. The van der Waals surface area contributed by atoms with Crippen molar-refractivity contribution in [3.63, 3.8) is 0 Å². The average molecular weight is 409 g/mol. The van der Waals surface area contributed by atoms with Gasteiger partial charge in [-0.2, -0.15) is 4.72 Å². The van der Waals surface area contributed by atoms with Crippen molar-refractivity contribution in [2.24, 2.45) is 7.05 Å². The smallest absolute Gasteiger partial charge is 0.216 e. The van der Waals surface area contributed by atoms with Crippen LogP contribution < -0.4 is 4.72 Å².